The van der Waals surface area contributed by atoms with Crippen LogP contribution >= 0.6 is 0 Å². The Morgan fingerprint density at radius 1 is 1.04 bits per heavy atom. The number of benzene rings is 2. The molecule has 2 fully saturated rings. The summed E-state index contributed by atoms with van der Waals surface area (Å²) in [5.74, 6) is 0.986. The fourth-order valence-corrected chi connectivity index (χ4v) is 4.61. The minimum absolute atomic E-state index is 0.144. The first-order valence-corrected chi connectivity index (χ1v) is 9.66. The van der Waals surface area contributed by atoms with Gasteiger partial charge in [0.2, 0.25) is 0 Å². The molecule has 2 aromatic carbocycles. The van der Waals surface area contributed by atoms with Crippen LogP contribution in [-0.2, 0) is 0 Å². The van der Waals surface area contributed by atoms with Gasteiger partial charge in [-0.25, -0.2) is 9.37 Å². The third kappa shape index (κ3) is 2.75. The fourth-order valence-electron chi connectivity index (χ4n) is 4.61. The molecule has 140 valence electrons. The first-order valence-electron chi connectivity index (χ1n) is 9.66. The summed E-state index contributed by atoms with van der Waals surface area (Å²) >= 11 is 0. The van der Waals surface area contributed by atoms with E-state index in [4.69, 9.17) is 4.98 Å². The van der Waals surface area contributed by atoms with Gasteiger partial charge in [-0.05, 0) is 43.0 Å². The standard InChI is InChI=1S/C22H20FN5/c23-17-4-3-7-20(16(17)12-24)28-11-9-15-8-10-27(14-21(15)28)22-13-25-18-5-1-2-6-19(18)26-22/h1-7,13,15,21H,8-11,14H2. The van der Waals surface area contributed by atoms with E-state index in [0.717, 1.165) is 49.3 Å². The monoisotopic (exact) mass is 373 g/mol. The van der Waals surface area contributed by atoms with Crippen LogP contribution in [0.1, 0.15) is 18.4 Å². The number of rotatable bonds is 2. The highest BCUT2D eigenvalue weighted by Crippen LogP contribution is 2.38. The van der Waals surface area contributed by atoms with Crippen molar-refractivity contribution in [2.75, 3.05) is 29.4 Å². The van der Waals surface area contributed by atoms with Gasteiger partial charge in [-0.15, -0.1) is 0 Å². The number of aromatic nitrogens is 2. The van der Waals surface area contributed by atoms with Gasteiger partial charge in [0.15, 0.2) is 0 Å². The minimum atomic E-state index is -0.448. The van der Waals surface area contributed by atoms with Crippen LogP contribution in [0.3, 0.4) is 0 Å². The molecule has 1 aromatic heterocycles. The molecule has 0 spiro atoms. The molecule has 2 saturated heterocycles. The number of nitrogens with zero attached hydrogens (tertiary/aromatic N) is 5. The topological polar surface area (TPSA) is 56.1 Å². The molecular formula is C22H20FN5. The van der Waals surface area contributed by atoms with E-state index < -0.39 is 5.82 Å². The van der Waals surface area contributed by atoms with Crippen molar-refractivity contribution < 1.29 is 4.39 Å². The zero-order valence-electron chi connectivity index (χ0n) is 15.4. The maximum Gasteiger partial charge on any atom is 0.147 e. The van der Waals surface area contributed by atoms with Gasteiger partial charge in [0.1, 0.15) is 23.3 Å². The summed E-state index contributed by atoms with van der Waals surface area (Å²) in [6, 6.07) is 15.1. The Morgan fingerprint density at radius 2 is 1.86 bits per heavy atom. The van der Waals surface area contributed by atoms with Gasteiger partial charge in [-0.1, -0.05) is 18.2 Å². The number of hydrogen-bond acceptors (Lipinski definition) is 5. The van der Waals surface area contributed by atoms with Crippen molar-refractivity contribution in [3.63, 3.8) is 0 Å². The number of fused-ring (bicyclic) bond motifs is 2. The van der Waals surface area contributed by atoms with Crippen molar-refractivity contribution in [1.82, 2.24) is 9.97 Å². The lowest BCUT2D eigenvalue weighted by Crippen LogP contribution is -2.48. The lowest BCUT2D eigenvalue weighted by Gasteiger charge is -2.40. The molecule has 0 N–H and O–H groups in total. The second kappa shape index (κ2) is 6.75. The summed E-state index contributed by atoms with van der Waals surface area (Å²) in [7, 11) is 0. The molecule has 0 radical (unpaired) electrons. The Labute approximate surface area is 163 Å². The van der Waals surface area contributed by atoms with Gasteiger partial charge in [-0.3, -0.25) is 4.98 Å². The van der Waals surface area contributed by atoms with E-state index in [1.165, 1.54) is 6.07 Å². The molecule has 0 saturated carbocycles. The normalized spacial score (nSPS) is 21.6. The highest BCUT2D eigenvalue weighted by Gasteiger charge is 2.39. The number of piperidine rings is 1. The molecule has 0 bridgehead atoms. The highest BCUT2D eigenvalue weighted by atomic mass is 19.1. The first kappa shape index (κ1) is 16.9. The van der Waals surface area contributed by atoms with E-state index in [2.05, 4.69) is 14.8 Å². The van der Waals surface area contributed by atoms with Crippen molar-refractivity contribution in [2.24, 2.45) is 5.92 Å². The second-order valence-corrected chi connectivity index (χ2v) is 7.51. The van der Waals surface area contributed by atoms with Crippen molar-refractivity contribution in [2.45, 2.75) is 18.9 Å². The molecule has 2 unspecified atom stereocenters. The third-order valence-corrected chi connectivity index (χ3v) is 6.04. The molecule has 2 atom stereocenters. The quantitative estimate of drug-likeness (QED) is 0.685. The molecule has 2 aliphatic rings. The lowest BCUT2D eigenvalue weighted by atomic mass is 9.92. The van der Waals surface area contributed by atoms with Gasteiger partial charge in [0.05, 0.1) is 22.9 Å². The average molecular weight is 373 g/mol. The van der Waals surface area contributed by atoms with Gasteiger partial charge in [0, 0.05) is 25.7 Å². The van der Waals surface area contributed by atoms with Crippen molar-refractivity contribution >= 4 is 22.5 Å². The summed E-state index contributed by atoms with van der Waals surface area (Å²) in [4.78, 5) is 13.8. The largest absolute Gasteiger partial charge is 0.365 e. The minimum Gasteiger partial charge on any atom is -0.365 e. The van der Waals surface area contributed by atoms with Crippen LogP contribution in [0.5, 0.6) is 0 Å². The molecule has 0 aliphatic carbocycles. The van der Waals surface area contributed by atoms with Crippen LogP contribution in [0.25, 0.3) is 11.0 Å². The summed E-state index contributed by atoms with van der Waals surface area (Å²) < 4.78 is 14.1. The molecule has 28 heavy (non-hydrogen) atoms. The van der Waals surface area contributed by atoms with Crippen LogP contribution < -0.4 is 9.80 Å². The number of para-hydroxylation sites is 2. The van der Waals surface area contributed by atoms with Crippen molar-refractivity contribution in [1.29, 1.82) is 5.26 Å². The third-order valence-electron chi connectivity index (χ3n) is 6.04. The maximum atomic E-state index is 14.1. The van der Waals surface area contributed by atoms with Crippen molar-refractivity contribution in [3.05, 3.63) is 60.0 Å². The Hall–Kier alpha value is -3.20. The summed E-state index contributed by atoms with van der Waals surface area (Å²) in [5, 5.41) is 9.44. The van der Waals surface area contributed by atoms with E-state index in [9.17, 15) is 9.65 Å². The van der Waals surface area contributed by atoms with E-state index in [-0.39, 0.29) is 11.6 Å². The van der Waals surface area contributed by atoms with Crippen LogP contribution in [-0.4, -0.2) is 35.6 Å². The number of anilines is 2. The average Bonchev–Trinajstić information content (AvgIpc) is 3.16. The number of nitriles is 1. The Balaban J connectivity index is 1.45. The zero-order valence-corrected chi connectivity index (χ0v) is 15.4. The molecule has 6 heteroatoms. The summed E-state index contributed by atoms with van der Waals surface area (Å²) in [6.07, 6.45) is 3.97. The fraction of sp³-hybridized carbons (Fsp3) is 0.318. The number of halogens is 1. The van der Waals surface area contributed by atoms with Crippen LogP contribution in [0, 0.1) is 23.1 Å². The Morgan fingerprint density at radius 3 is 2.71 bits per heavy atom. The van der Waals surface area contributed by atoms with E-state index in [0.29, 0.717) is 11.6 Å². The highest BCUT2D eigenvalue weighted by molar-refractivity contribution is 5.75. The molecule has 3 heterocycles. The molecular weight excluding hydrogens is 353 g/mol. The molecule has 3 aromatic rings. The molecule has 0 amide bonds. The van der Waals surface area contributed by atoms with Gasteiger partial charge < -0.3 is 9.80 Å². The Kier molecular flexibility index (Phi) is 4.09. The maximum absolute atomic E-state index is 14.1. The second-order valence-electron chi connectivity index (χ2n) is 7.51. The SMILES string of the molecule is N#Cc1c(F)cccc1N1CCC2CCN(c3cnc4ccccc4n3)CC21. The van der Waals surface area contributed by atoms with Gasteiger partial charge in [-0.2, -0.15) is 5.26 Å². The first-order chi connectivity index (χ1) is 13.7. The predicted molar refractivity (Wildman–Crippen MR) is 107 cm³/mol. The van der Waals surface area contributed by atoms with Gasteiger partial charge >= 0.3 is 0 Å². The summed E-state index contributed by atoms with van der Waals surface area (Å²) in [5.41, 5.74) is 2.64. The molecule has 5 nitrogen and oxygen atoms in total. The number of hydrogen-bond donors (Lipinski definition) is 0. The summed E-state index contributed by atoms with van der Waals surface area (Å²) in [6.45, 7) is 2.60. The molecule has 2 aliphatic heterocycles. The van der Waals surface area contributed by atoms with E-state index in [1.807, 2.05) is 42.6 Å². The lowest BCUT2D eigenvalue weighted by molar-refractivity contribution is 0.389. The van der Waals surface area contributed by atoms with Gasteiger partial charge in [0.25, 0.3) is 0 Å². The Bertz CT molecular complexity index is 1080. The van der Waals surface area contributed by atoms with E-state index >= 15 is 0 Å². The van der Waals surface area contributed by atoms with Crippen LogP contribution in [0.15, 0.2) is 48.7 Å². The predicted octanol–water partition coefficient (Wildman–Crippen LogP) is 3.75. The molecule has 5 rings (SSSR count). The zero-order chi connectivity index (χ0) is 19.1. The van der Waals surface area contributed by atoms with Crippen LogP contribution in [0.2, 0.25) is 0 Å². The van der Waals surface area contributed by atoms with E-state index in [1.54, 1.807) is 6.07 Å². The smallest absolute Gasteiger partial charge is 0.147 e. The van der Waals surface area contributed by atoms with Crippen molar-refractivity contribution in [3.8, 4) is 6.07 Å². The van der Waals surface area contributed by atoms with Crippen LogP contribution in [0.4, 0.5) is 15.9 Å².